The van der Waals surface area contributed by atoms with Crippen molar-refractivity contribution < 1.29 is 32.3 Å². The van der Waals surface area contributed by atoms with Crippen LogP contribution in [0.5, 0.6) is 0 Å². The van der Waals surface area contributed by atoms with Crippen molar-refractivity contribution in [2.45, 2.75) is 13.1 Å². The van der Waals surface area contributed by atoms with Crippen molar-refractivity contribution >= 4 is 28.5 Å². The van der Waals surface area contributed by atoms with E-state index in [2.05, 4.69) is 17.2 Å². The zero-order chi connectivity index (χ0) is 20.5. The van der Waals surface area contributed by atoms with Gasteiger partial charge in [0, 0.05) is 22.2 Å². The molecule has 3 rings (SSSR count). The molecule has 0 bridgehead atoms. The topological polar surface area (TPSA) is 79.5 Å². The Morgan fingerprint density at radius 1 is 1.11 bits per heavy atom. The number of hydrogen-bond acceptors (Lipinski definition) is 3. The number of carbonyl (C=O) groups excluding carboxylic acids is 1. The first-order valence-corrected chi connectivity index (χ1v) is 7.91. The highest BCUT2D eigenvalue weighted by molar-refractivity contribution is 6.06. The summed E-state index contributed by atoms with van der Waals surface area (Å²) in [5.74, 6) is 2.60. The van der Waals surface area contributed by atoms with E-state index in [1.54, 1.807) is 0 Å². The van der Waals surface area contributed by atoms with E-state index < -0.39 is 23.6 Å². The van der Waals surface area contributed by atoms with E-state index in [1.807, 2.05) is 0 Å². The Bertz CT molecular complexity index is 1150. The third kappa shape index (κ3) is 3.83. The van der Waals surface area contributed by atoms with Crippen LogP contribution < -0.4 is 5.32 Å². The number of nitrogens with one attached hydrogen (secondary N) is 1. The molecule has 142 valence electrons. The lowest BCUT2D eigenvalue weighted by molar-refractivity contribution is -0.137. The monoisotopic (exact) mass is 387 g/mol. The second kappa shape index (κ2) is 7.12. The second-order valence-corrected chi connectivity index (χ2v) is 5.76. The van der Waals surface area contributed by atoms with Gasteiger partial charge in [0.25, 0.3) is 5.91 Å². The predicted octanol–water partition coefficient (Wildman–Crippen LogP) is 4.77. The molecule has 0 unspecified atom stereocenters. The van der Waals surface area contributed by atoms with Gasteiger partial charge in [0.15, 0.2) is 0 Å². The van der Waals surface area contributed by atoms with Crippen molar-refractivity contribution in [1.29, 1.82) is 0 Å². The quantitative estimate of drug-likeness (QED) is 0.635. The lowest BCUT2D eigenvalue weighted by Crippen LogP contribution is -2.14. The normalized spacial score (nSPS) is 11.0. The molecule has 1 heterocycles. The van der Waals surface area contributed by atoms with E-state index in [1.165, 1.54) is 43.3 Å². The number of amides is 1. The predicted molar refractivity (Wildman–Crippen MR) is 95.1 cm³/mol. The molecule has 0 spiro atoms. The molecule has 0 atom stereocenters. The maximum atomic E-state index is 13.2. The van der Waals surface area contributed by atoms with Crippen LogP contribution in [-0.2, 0) is 6.18 Å². The van der Waals surface area contributed by atoms with Gasteiger partial charge in [-0.05, 0) is 43.3 Å². The minimum Gasteiger partial charge on any atom is -0.475 e. The number of benzene rings is 2. The average molecular weight is 387 g/mol. The first-order chi connectivity index (χ1) is 13.2. The van der Waals surface area contributed by atoms with Gasteiger partial charge in [0.1, 0.15) is 5.58 Å². The van der Waals surface area contributed by atoms with Crippen LogP contribution in [0.25, 0.3) is 11.0 Å². The number of aromatic carboxylic acids is 1. The summed E-state index contributed by atoms with van der Waals surface area (Å²) in [5, 5.41) is 11.8. The van der Waals surface area contributed by atoms with E-state index >= 15 is 0 Å². The lowest BCUT2D eigenvalue weighted by atomic mass is 10.1. The maximum absolute atomic E-state index is 13.2. The number of furan rings is 1. The number of alkyl halides is 3. The Hall–Kier alpha value is -3.73. The van der Waals surface area contributed by atoms with Crippen LogP contribution in [0.1, 0.15) is 39.0 Å². The van der Waals surface area contributed by atoms with Crippen molar-refractivity contribution in [3.8, 4) is 11.8 Å². The summed E-state index contributed by atoms with van der Waals surface area (Å²) in [4.78, 5) is 23.3. The molecule has 5 nitrogen and oxygen atoms in total. The lowest BCUT2D eigenvalue weighted by Gasteiger charge is -2.12. The number of hydrogen-bond donors (Lipinski definition) is 2. The molecule has 2 aromatic carbocycles. The second-order valence-electron chi connectivity index (χ2n) is 5.76. The van der Waals surface area contributed by atoms with Crippen molar-refractivity contribution in [2.75, 3.05) is 5.32 Å². The Morgan fingerprint density at radius 3 is 2.50 bits per heavy atom. The minimum absolute atomic E-state index is 0.0512. The summed E-state index contributed by atoms with van der Waals surface area (Å²) in [6.45, 7) is 1.43. The largest absolute Gasteiger partial charge is 0.475 e. The fourth-order valence-corrected chi connectivity index (χ4v) is 2.58. The zero-order valence-electron chi connectivity index (χ0n) is 14.3. The van der Waals surface area contributed by atoms with Gasteiger partial charge in [0.05, 0.1) is 5.56 Å². The van der Waals surface area contributed by atoms with Gasteiger partial charge >= 0.3 is 12.1 Å². The molecule has 3 aromatic rings. The molecule has 1 amide bonds. The number of carboxylic acid groups (broad SMARTS) is 1. The van der Waals surface area contributed by atoms with Crippen molar-refractivity contribution in [2.24, 2.45) is 0 Å². The Morgan fingerprint density at radius 2 is 1.86 bits per heavy atom. The average Bonchev–Trinajstić information content (AvgIpc) is 3.06. The van der Waals surface area contributed by atoms with Gasteiger partial charge in [-0.15, -0.1) is 5.92 Å². The fraction of sp³-hybridized carbons (Fsp3) is 0.100. The third-order valence-corrected chi connectivity index (χ3v) is 3.84. The molecule has 0 aliphatic heterocycles. The number of carboxylic acids is 1. The molecule has 0 saturated heterocycles. The number of anilines is 1. The SMILES string of the molecule is CC#Cc1ccc(NC(=O)c2ccc3cc(C(=O)O)oc3c2)cc1C(F)(F)F. The van der Waals surface area contributed by atoms with E-state index in [4.69, 9.17) is 9.52 Å². The molecule has 2 N–H and O–H groups in total. The van der Waals surface area contributed by atoms with E-state index in [0.29, 0.717) is 5.39 Å². The highest BCUT2D eigenvalue weighted by Gasteiger charge is 2.33. The highest BCUT2D eigenvalue weighted by Crippen LogP contribution is 2.33. The van der Waals surface area contributed by atoms with Crippen LogP contribution in [0.15, 0.2) is 46.9 Å². The molecule has 28 heavy (non-hydrogen) atoms. The summed E-state index contributed by atoms with van der Waals surface area (Å²) >= 11 is 0. The van der Waals surface area contributed by atoms with E-state index in [9.17, 15) is 22.8 Å². The molecule has 0 aliphatic rings. The van der Waals surface area contributed by atoms with Gasteiger partial charge in [-0.2, -0.15) is 13.2 Å². The molecule has 0 aliphatic carbocycles. The van der Waals surface area contributed by atoms with Crippen LogP contribution in [0.3, 0.4) is 0 Å². The number of halogens is 3. The summed E-state index contributed by atoms with van der Waals surface area (Å²) in [5.41, 5.74) is -0.914. The maximum Gasteiger partial charge on any atom is 0.417 e. The van der Waals surface area contributed by atoms with Crippen molar-refractivity contribution in [3.05, 3.63) is 64.9 Å². The summed E-state index contributed by atoms with van der Waals surface area (Å²) in [6.07, 6.45) is -4.62. The van der Waals surface area contributed by atoms with Crippen LogP contribution in [0, 0.1) is 11.8 Å². The fourth-order valence-electron chi connectivity index (χ4n) is 2.58. The van der Waals surface area contributed by atoms with Gasteiger partial charge in [-0.25, -0.2) is 4.79 Å². The summed E-state index contributed by atoms with van der Waals surface area (Å²) in [6, 6.07) is 8.85. The highest BCUT2D eigenvalue weighted by atomic mass is 19.4. The smallest absolute Gasteiger partial charge is 0.417 e. The van der Waals surface area contributed by atoms with Gasteiger partial charge in [0.2, 0.25) is 5.76 Å². The third-order valence-electron chi connectivity index (χ3n) is 3.84. The molecular weight excluding hydrogens is 375 g/mol. The summed E-state index contributed by atoms with van der Waals surface area (Å²) < 4.78 is 44.8. The molecule has 0 radical (unpaired) electrons. The minimum atomic E-state index is -4.62. The number of carbonyl (C=O) groups is 2. The van der Waals surface area contributed by atoms with Gasteiger partial charge < -0.3 is 14.8 Å². The Labute approximate surface area is 156 Å². The van der Waals surface area contributed by atoms with E-state index in [0.717, 1.165) is 6.07 Å². The Balaban J connectivity index is 1.91. The zero-order valence-corrected chi connectivity index (χ0v) is 14.3. The first kappa shape index (κ1) is 19.0. The number of rotatable bonds is 3. The van der Waals surface area contributed by atoms with Gasteiger partial charge in [-0.1, -0.05) is 12.0 Å². The van der Waals surface area contributed by atoms with Crippen molar-refractivity contribution in [1.82, 2.24) is 0 Å². The standard InChI is InChI=1S/C20H12F3NO4/c1-2-3-11-6-7-14(10-15(11)20(21,22)23)24-18(25)13-5-4-12-8-17(19(26)27)28-16(12)9-13/h4-10H,1H3,(H,24,25)(H,26,27). The van der Waals surface area contributed by atoms with Gasteiger partial charge in [-0.3, -0.25) is 4.79 Å². The van der Waals surface area contributed by atoms with Crippen LogP contribution in [-0.4, -0.2) is 17.0 Å². The Kier molecular flexibility index (Phi) is 4.84. The van der Waals surface area contributed by atoms with Crippen molar-refractivity contribution in [3.63, 3.8) is 0 Å². The molecule has 1 aromatic heterocycles. The number of fused-ring (bicyclic) bond motifs is 1. The van der Waals surface area contributed by atoms with Crippen LogP contribution in [0.2, 0.25) is 0 Å². The van der Waals surface area contributed by atoms with Crippen LogP contribution >= 0.6 is 0 Å². The molecule has 0 saturated carbocycles. The molecule has 8 heteroatoms. The first-order valence-electron chi connectivity index (χ1n) is 7.91. The molecular formula is C20H12F3NO4. The summed E-state index contributed by atoms with van der Waals surface area (Å²) in [7, 11) is 0. The molecule has 0 fully saturated rings. The van der Waals surface area contributed by atoms with E-state index in [-0.39, 0.29) is 28.2 Å². The van der Waals surface area contributed by atoms with Crippen LogP contribution in [0.4, 0.5) is 18.9 Å².